The van der Waals surface area contributed by atoms with E-state index in [-0.39, 0.29) is 8.07 Å². The fourth-order valence-corrected chi connectivity index (χ4v) is 6.78. The van der Waals surface area contributed by atoms with E-state index in [9.17, 15) is 0 Å². The Morgan fingerprint density at radius 3 is 1.71 bits per heavy atom. The quantitative estimate of drug-likeness (QED) is 0.458. The van der Waals surface area contributed by atoms with Crippen molar-refractivity contribution in [2.24, 2.45) is 0 Å². The molecule has 1 fully saturated rings. The lowest BCUT2D eigenvalue weighted by Gasteiger charge is -2.27. The highest BCUT2D eigenvalue weighted by molar-refractivity contribution is 7.56. The summed E-state index contributed by atoms with van der Waals surface area (Å²) in [6, 6.07) is 18.5. The van der Waals surface area contributed by atoms with Crippen LogP contribution in [-0.2, 0) is 0 Å². The summed E-state index contributed by atoms with van der Waals surface area (Å²) in [4.78, 5) is 0. The van der Waals surface area contributed by atoms with E-state index in [4.69, 9.17) is 0 Å². The number of rotatable bonds is 6. The van der Waals surface area contributed by atoms with Crippen LogP contribution in [0.25, 0.3) is 0 Å². The normalized spacial score (nSPS) is 21.3. The van der Waals surface area contributed by atoms with E-state index >= 15 is 0 Å². The summed E-state index contributed by atoms with van der Waals surface area (Å²) in [5.41, 5.74) is 7.17. The van der Waals surface area contributed by atoms with Crippen LogP contribution in [0.15, 0.2) is 48.5 Å². The first-order chi connectivity index (χ1) is 11.7. The molecule has 1 heterocycles. The SMILES string of the molecule is CCCCNP1[C@H](c2ccc(C)cc2)CC[C@H]1c1ccc(C)cc1. The van der Waals surface area contributed by atoms with Crippen molar-refractivity contribution in [3.63, 3.8) is 0 Å². The van der Waals surface area contributed by atoms with Crippen LogP contribution in [0, 0.1) is 13.8 Å². The summed E-state index contributed by atoms with van der Waals surface area (Å²) in [6.45, 7) is 7.79. The molecule has 0 spiro atoms. The summed E-state index contributed by atoms with van der Waals surface area (Å²) in [7, 11) is -0.205. The molecule has 24 heavy (non-hydrogen) atoms. The first kappa shape index (κ1) is 17.6. The number of aryl methyl sites for hydroxylation is 2. The Balaban J connectivity index is 1.83. The van der Waals surface area contributed by atoms with E-state index < -0.39 is 0 Å². The third-order valence-electron chi connectivity index (χ3n) is 5.13. The van der Waals surface area contributed by atoms with Gasteiger partial charge < -0.3 is 0 Å². The zero-order valence-electron chi connectivity index (χ0n) is 15.3. The van der Waals surface area contributed by atoms with Crippen molar-refractivity contribution in [2.75, 3.05) is 6.54 Å². The topological polar surface area (TPSA) is 12.0 Å². The minimum absolute atomic E-state index is 0.205. The number of unbranched alkanes of at least 4 members (excludes halogenated alkanes) is 1. The van der Waals surface area contributed by atoms with Crippen molar-refractivity contribution in [3.8, 4) is 0 Å². The summed E-state index contributed by atoms with van der Waals surface area (Å²) in [5, 5.41) is 3.97. The second kappa shape index (κ2) is 8.28. The van der Waals surface area contributed by atoms with Gasteiger partial charge in [-0.1, -0.05) is 73.0 Å². The molecule has 1 saturated heterocycles. The molecule has 2 atom stereocenters. The molecule has 1 aliphatic rings. The first-order valence-corrected chi connectivity index (χ1v) is 10.8. The highest BCUT2D eigenvalue weighted by Gasteiger charge is 2.37. The van der Waals surface area contributed by atoms with Crippen LogP contribution in [0.5, 0.6) is 0 Å². The molecule has 2 heteroatoms. The number of hydrogen-bond donors (Lipinski definition) is 1. The van der Waals surface area contributed by atoms with Gasteiger partial charge in [-0.05, 0) is 58.9 Å². The number of nitrogens with one attached hydrogen (secondary N) is 1. The number of benzene rings is 2. The Kier molecular flexibility index (Phi) is 6.09. The van der Waals surface area contributed by atoms with Crippen LogP contribution in [0.1, 0.15) is 66.2 Å². The molecule has 0 bridgehead atoms. The predicted molar refractivity (Wildman–Crippen MR) is 107 cm³/mol. The lowest BCUT2D eigenvalue weighted by atomic mass is 10.0. The van der Waals surface area contributed by atoms with E-state index in [1.807, 2.05) is 0 Å². The zero-order chi connectivity index (χ0) is 16.9. The third-order valence-corrected chi connectivity index (χ3v) is 8.18. The van der Waals surface area contributed by atoms with Crippen LogP contribution < -0.4 is 5.09 Å². The largest absolute Gasteiger partial charge is 0.295 e. The van der Waals surface area contributed by atoms with Crippen LogP contribution in [0.2, 0.25) is 0 Å². The lowest BCUT2D eigenvalue weighted by molar-refractivity contribution is 0.764. The van der Waals surface area contributed by atoms with Gasteiger partial charge in [0.1, 0.15) is 0 Å². The maximum absolute atomic E-state index is 3.97. The predicted octanol–water partition coefficient (Wildman–Crippen LogP) is 6.67. The van der Waals surface area contributed by atoms with Gasteiger partial charge in [0.05, 0.1) is 0 Å². The van der Waals surface area contributed by atoms with Gasteiger partial charge in [-0.2, -0.15) is 0 Å². The second-order valence-corrected chi connectivity index (χ2v) is 9.48. The standard InChI is InChI=1S/C22H30NP/c1-4-5-16-23-24-21(19-10-6-17(2)7-11-19)14-15-22(24)20-12-8-18(3)9-13-20/h6-13,21-23H,4-5,14-16H2,1-3H3/t21-,22-/m0/s1. The maximum Gasteiger partial charge on any atom is 0.0178 e. The highest BCUT2D eigenvalue weighted by Crippen LogP contribution is 2.67. The van der Waals surface area contributed by atoms with Gasteiger partial charge in [0.2, 0.25) is 0 Å². The van der Waals surface area contributed by atoms with Gasteiger partial charge >= 0.3 is 0 Å². The second-order valence-electron chi connectivity index (χ2n) is 7.10. The van der Waals surface area contributed by atoms with E-state index in [0.29, 0.717) is 11.3 Å². The molecule has 0 radical (unpaired) electrons. The van der Waals surface area contributed by atoms with E-state index in [1.54, 1.807) is 0 Å². The van der Waals surface area contributed by atoms with Crippen LogP contribution in [0.4, 0.5) is 0 Å². The molecule has 0 unspecified atom stereocenters. The molecule has 1 N–H and O–H groups in total. The molecule has 0 amide bonds. The van der Waals surface area contributed by atoms with Gasteiger partial charge in [0.15, 0.2) is 0 Å². The first-order valence-electron chi connectivity index (χ1n) is 9.34. The molecule has 128 valence electrons. The lowest BCUT2D eigenvalue weighted by Crippen LogP contribution is -2.13. The van der Waals surface area contributed by atoms with Crippen LogP contribution in [-0.4, -0.2) is 6.54 Å². The van der Waals surface area contributed by atoms with Gasteiger partial charge in [-0.25, -0.2) is 0 Å². The molecule has 0 aromatic heterocycles. The Morgan fingerprint density at radius 2 is 1.29 bits per heavy atom. The van der Waals surface area contributed by atoms with Crippen molar-refractivity contribution < 1.29 is 0 Å². The minimum atomic E-state index is -0.205. The average Bonchev–Trinajstić information content (AvgIpc) is 3.00. The van der Waals surface area contributed by atoms with Gasteiger partial charge in [0, 0.05) is 11.3 Å². The van der Waals surface area contributed by atoms with Crippen molar-refractivity contribution in [1.82, 2.24) is 5.09 Å². The maximum atomic E-state index is 3.97. The molecule has 2 aromatic rings. The van der Waals surface area contributed by atoms with Crippen molar-refractivity contribution in [2.45, 2.75) is 57.8 Å². The van der Waals surface area contributed by atoms with E-state index in [2.05, 4.69) is 74.4 Å². The van der Waals surface area contributed by atoms with Crippen molar-refractivity contribution >= 4 is 8.07 Å². The van der Waals surface area contributed by atoms with Gasteiger partial charge in [-0.3, -0.25) is 5.09 Å². The molecular formula is C22H30NP. The van der Waals surface area contributed by atoms with E-state index in [0.717, 1.165) is 6.54 Å². The molecular weight excluding hydrogens is 309 g/mol. The molecule has 0 saturated carbocycles. The van der Waals surface area contributed by atoms with Crippen molar-refractivity contribution in [1.29, 1.82) is 0 Å². The van der Waals surface area contributed by atoms with Crippen molar-refractivity contribution in [3.05, 3.63) is 70.8 Å². The molecule has 1 nitrogen and oxygen atoms in total. The number of hydrogen-bond acceptors (Lipinski definition) is 1. The average molecular weight is 339 g/mol. The summed E-state index contributed by atoms with van der Waals surface area (Å²) in [6.07, 6.45) is 5.17. The zero-order valence-corrected chi connectivity index (χ0v) is 16.2. The Hall–Kier alpha value is -1.17. The molecule has 1 aliphatic heterocycles. The fraction of sp³-hybridized carbons (Fsp3) is 0.455. The Labute approximate surface area is 148 Å². The van der Waals surface area contributed by atoms with Crippen LogP contribution in [0.3, 0.4) is 0 Å². The van der Waals surface area contributed by atoms with Gasteiger partial charge in [0.25, 0.3) is 0 Å². The molecule has 3 rings (SSSR count). The van der Waals surface area contributed by atoms with E-state index in [1.165, 1.54) is 47.9 Å². The summed E-state index contributed by atoms with van der Waals surface area (Å²) in [5.74, 6) is 0. The summed E-state index contributed by atoms with van der Waals surface area (Å²) < 4.78 is 0. The van der Waals surface area contributed by atoms with Crippen LogP contribution >= 0.6 is 8.07 Å². The summed E-state index contributed by atoms with van der Waals surface area (Å²) >= 11 is 0. The van der Waals surface area contributed by atoms with Gasteiger partial charge in [-0.15, -0.1) is 0 Å². The Morgan fingerprint density at radius 1 is 0.833 bits per heavy atom. The Bertz CT molecular complexity index is 579. The fourth-order valence-electron chi connectivity index (χ4n) is 3.65. The minimum Gasteiger partial charge on any atom is -0.295 e. The third kappa shape index (κ3) is 4.08. The highest BCUT2D eigenvalue weighted by atomic mass is 31.1. The smallest absolute Gasteiger partial charge is 0.0178 e. The molecule has 2 aromatic carbocycles. The monoisotopic (exact) mass is 339 g/mol. The molecule has 0 aliphatic carbocycles.